The monoisotopic (exact) mass is 154 g/mol. The van der Waals surface area contributed by atoms with Gasteiger partial charge in [-0.2, -0.15) is 0 Å². The van der Waals surface area contributed by atoms with Crippen molar-refractivity contribution in [3.63, 3.8) is 0 Å². The van der Waals surface area contributed by atoms with Crippen LogP contribution in [0.25, 0.3) is 0 Å². The molecule has 0 aliphatic carbocycles. The maximum absolute atomic E-state index is 1.63. The van der Waals surface area contributed by atoms with Crippen molar-refractivity contribution in [2.45, 2.75) is 22.5 Å². The Hall–Kier alpha value is 0.688. The molecule has 0 N–H and O–H groups in total. The molecule has 0 bridgehead atoms. The van der Waals surface area contributed by atoms with Crippen molar-refractivity contribution in [1.82, 2.24) is 0 Å². The molecule has 0 spiro atoms. The van der Waals surface area contributed by atoms with Gasteiger partial charge in [-0.1, -0.05) is 0 Å². The maximum atomic E-state index is 1.63. The molecule has 1 aliphatic heterocycles. The van der Waals surface area contributed by atoms with E-state index in [1.165, 1.54) is 0 Å². The Morgan fingerprint density at radius 1 is 1.00 bits per heavy atom. The molecule has 0 unspecified atom stereocenters. The summed E-state index contributed by atoms with van der Waals surface area (Å²) >= 11 is 0.604. The Kier molecular flexibility index (Phi) is 1.52. The molecule has 0 aromatic carbocycles. The first kappa shape index (κ1) is 3.86. The molecule has 0 atom stereocenters. The fraction of sp³-hybridized carbons (Fsp3) is 1.00. The summed E-state index contributed by atoms with van der Waals surface area (Å²) in [4.78, 5) is 3.26. The topological polar surface area (TPSA) is 0 Å². The predicted molar refractivity (Wildman–Crippen MR) is 18.8 cm³/mol. The molecule has 30 valence electrons. The molecule has 0 saturated carbocycles. The molecular formula is C4H8Mo. The van der Waals surface area contributed by atoms with Crippen molar-refractivity contribution in [3.05, 3.63) is 0 Å². The summed E-state index contributed by atoms with van der Waals surface area (Å²) < 4.78 is 0. The van der Waals surface area contributed by atoms with Crippen LogP contribution < -0.4 is 0 Å². The van der Waals surface area contributed by atoms with E-state index < -0.39 is 0 Å². The Bertz CT molecular complexity index is 15.2. The van der Waals surface area contributed by atoms with Crippen LogP contribution in [0, 0.1) is 0 Å². The molecule has 5 heavy (non-hydrogen) atoms. The van der Waals surface area contributed by atoms with Gasteiger partial charge in [0.2, 0.25) is 0 Å². The van der Waals surface area contributed by atoms with Gasteiger partial charge in [0, 0.05) is 0 Å². The van der Waals surface area contributed by atoms with Gasteiger partial charge in [0.1, 0.15) is 0 Å². The first-order chi connectivity index (χ1) is 2.50. The van der Waals surface area contributed by atoms with Crippen molar-refractivity contribution in [2.24, 2.45) is 0 Å². The second kappa shape index (κ2) is 1.97. The van der Waals surface area contributed by atoms with Crippen LogP contribution in [0.5, 0.6) is 0 Å². The van der Waals surface area contributed by atoms with E-state index >= 15 is 0 Å². The molecule has 0 nitrogen and oxygen atoms in total. The number of hydrogen-bond acceptors (Lipinski definition) is 0. The van der Waals surface area contributed by atoms with Crippen molar-refractivity contribution < 1.29 is 18.6 Å². The standard InChI is InChI=1S/C4H8.Mo/c1-3-4-2;/h1-4H2;. The van der Waals surface area contributed by atoms with E-state index in [2.05, 4.69) is 0 Å². The zero-order chi connectivity index (χ0) is 3.54. The average molecular weight is 152 g/mol. The first-order valence-electron chi connectivity index (χ1n) is 2.08. The molecule has 1 heterocycles. The van der Waals surface area contributed by atoms with Crippen LogP contribution in [0.15, 0.2) is 0 Å². The summed E-state index contributed by atoms with van der Waals surface area (Å²) in [5, 5.41) is 0. The molecule has 0 radical (unpaired) electrons. The minimum absolute atomic E-state index is 0.604. The summed E-state index contributed by atoms with van der Waals surface area (Å²) in [6, 6.07) is 0. The van der Waals surface area contributed by atoms with Gasteiger partial charge in [-0.15, -0.1) is 0 Å². The molecule has 1 rings (SSSR count). The Balaban J connectivity index is 2.08. The third kappa shape index (κ3) is 1.05. The van der Waals surface area contributed by atoms with Gasteiger partial charge in [-0.25, -0.2) is 0 Å². The first-order valence-corrected chi connectivity index (χ1v) is 4.92. The Morgan fingerprint density at radius 3 is 1.80 bits per heavy atom. The van der Waals surface area contributed by atoms with Crippen LogP contribution in [0.3, 0.4) is 0 Å². The third-order valence-electron chi connectivity index (χ3n) is 0.827. The number of hydrogen-bond donors (Lipinski definition) is 0. The average Bonchev–Trinajstić information content (AvgIpc) is 1.76. The quantitative estimate of drug-likeness (QED) is 0.463. The fourth-order valence-electron chi connectivity index (χ4n) is 0.510. The predicted octanol–water partition coefficient (Wildman–Crippen LogP) is 1.70. The summed E-state index contributed by atoms with van der Waals surface area (Å²) in [5.41, 5.74) is 0. The molecule has 0 amide bonds. The van der Waals surface area contributed by atoms with Crippen molar-refractivity contribution in [2.75, 3.05) is 0 Å². The van der Waals surface area contributed by atoms with Gasteiger partial charge < -0.3 is 0 Å². The summed E-state index contributed by atoms with van der Waals surface area (Å²) in [7, 11) is 0. The second-order valence-corrected chi connectivity index (χ2v) is 4.33. The van der Waals surface area contributed by atoms with Crippen molar-refractivity contribution in [1.29, 1.82) is 0 Å². The van der Waals surface area contributed by atoms with Gasteiger partial charge in [-0.05, 0) is 0 Å². The van der Waals surface area contributed by atoms with E-state index in [9.17, 15) is 0 Å². The van der Waals surface area contributed by atoms with Crippen LogP contribution in [-0.4, -0.2) is 0 Å². The third-order valence-corrected chi connectivity index (χ3v) is 3.67. The minimum atomic E-state index is 0.604. The molecule has 1 aliphatic rings. The Labute approximate surface area is 41.5 Å². The summed E-state index contributed by atoms with van der Waals surface area (Å²) in [6.45, 7) is 0. The molecule has 1 fully saturated rings. The SMILES string of the molecule is C1C[CH2][Mo][CH2]1. The van der Waals surface area contributed by atoms with Crippen LogP contribution in [0.2, 0.25) is 9.62 Å². The zero-order valence-corrected chi connectivity index (χ0v) is 5.24. The fourth-order valence-corrected chi connectivity index (χ4v) is 3.02. The van der Waals surface area contributed by atoms with E-state index in [1.54, 1.807) is 22.5 Å². The van der Waals surface area contributed by atoms with E-state index in [0.29, 0.717) is 18.6 Å². The van der Waals surface area contributed by atoms with Crippen LogP contribution in [0.4, 0.5) is 0 Å². The number of rotatable bonds is 0. The molecule has 0 aromatic heterocycles. The molecule has 1 heteroatoms. The van der Waals surface area contributed by atoms with Crippen LogP contribution in [0.1, 0.15) is 12.8 Å². The van der Waals surface area contributed by atoms with E-state index in [1.807, 2.05) is 0 Å². The second-order valence-electron chi connectivity index (χ2n) is 1.32. The summed E-state index contributed by atoms with van der Waals surface area (Å²) in [5.74, 6) is 0. The van der Waals surface area contributed by atoms with Gasteiger partial charge >= 0.3 is 41.0 Å². The zero-order valence-electron chi connectivity index (χ0n) is 3.24. The van der Waals surface area contributed by atoms with Gasteiger partial charge in [0.05, 0.1) is 0 Å². The van der Waals surface area contributed by atoms with Gasteiger partial charge in [-0.3, -0.25) is 0 Å². The van der Waals surface area contributed by atoms with E-state index in [0.717, 1.165) is 0 Å². The molecule has 0 aromatic rings. The van der Waals surface area contributed by atoms with Crippen molar-refractivity contribution in [3.8, 4) is 0 Å². The molecule has 1 saturated heterocycles. The normalized spacial score (nSPS) is 24.0. The van der Waals surface area contributed by atoms with Gasteiger partial charge in [0.25, 0.3) is 0 Å². The van der Waals surface area contributed by atoms with E-state index in [-0.39, 0.29) is 0 Å². The summed E-state index contributed by atoms with van der Waals surface area (Å²) in [6.07, 6.45) is 3.12. The van der Waals surface area contributed by atoms with E-state index in [4.69, 9.17) is 0 Å². The van der Waals surface area contributed by atoms with Crippen LogP contribution >= 0.6 is 0 Å². The van der Waals surface area contributed by atoms with Crippen molar-refractivity contribution >= 4 is 0 Å². The van der Waals surface area contributed by atoms with Crippen LogP contribution in [-0.2, 0) is 18.6 Å². The van der Waals surface area contributed by atoms with Gasteiger partial charge in [0.15, 0.2) is 0 Å². The Morgan fingerprint density at radius 2 is 1.60 bits per heavy atom. The molecular weight excluding hydrogens is 144 g/mol.